The van der Waals surface area contributed by atoms with Gasteiger partial charge in [-0.15, -0.1) is 0 Å². The van der Waals surface area contributed by atoms with Crippen LogP contribution in [0.5, 0.6) is 0 Å². The standard InChI is InChI=1S/C11H14N4O2/c1-3-4-7-13-8-6(10(12)14-7)5-15(2)9(8)11(16)17/h5H,3-4H2,1-2H3,(H,16,17)(H2,12,13,14). The van der Waals surface area contributed by atoms with E-state index in [9.17, 15) is 4.79 Å². The Balaban J connectivity index is 2.74. The fourth-order valence-electron chi connectivity index (χ4n) is 1.86. The van der Waals surface area contributed by atoms with Crippen molar-refractivity contribution in [3.63, 3.8) is 0 Å². The van der Waals surface area contributed by atoms with Gasteiger partial charge in [0.25, 0.3) is 0 Å². The summed E-state index contributed by atoms with van der Waals surface area (Å²) in [6.45, 7) is 2.01. The van der Waals surface area contributed by atoms with Gasteiger partial charge in [0.15, 0.2) is 5.69 Å². The van der Waals surface area contributed by atoms with Gasteiger partial charge < -0.3 is 15.4 Å². The van der Waals surface area contributed by atoms with Crippen molar-refractivity contribution < 1.29 is 9.90 Å². The molecule has 0 aliphatic carbocycles. The molecule has 2 aromatic heterocycles. The lowest BCUT2D eigenvalue weighted by molar-refractivity contribution is 0.0688. The zero-order chi connectivity index (χ0) is 12.6. The Hall–Kier alpha value is -2.11. The van der Waals surface area contributed by atoms with Crippen molar-refractivity contribution in [2.75, 3.05) is 5.73 Å². The summed E-state index contributed by atoms with van der Waals surface area (Å²) in [6, 6.07) is 0. The topological polar surface area (TPSA) is 94.0 Å². The maximum absolute atomic E-state index is 11.2. The minimum atomic E-state index is -1.01. The van der Waals surface area contributed by atoms with Gasteiger partial charge in [0, 0.05) is 19.7 Å². The van der Waals surface area contributed by atoms with Gasteiger partial charge in [0.2, 0.25) is 0 Å². The molecular weight excluding hydrogens is 220 g/mol. The van der Waals surface area contributed by atoms with Gasteiger partial charge in [-0.3, -0.25) is 0 Å². The van der Waals surface area contributed by atoms with Crippen LogP contribution >= 0.6 is 0 Å². The van der Waals surface area contributed by atoms with Crippen molar-refractivity contribution in [1.29, 1.82) is 0 Å². The molecule has 0 spiro atoms. The summed E-state index contributed by atoms with van der Waals surface area (Å²) in [4.78, 5) is 19.6. The summed E-state index contributed by atoms with van der Waals surface area (Å²) in [5.41, 5.74) is 6.37. The number of carboxylic acid groups (broad SMARTS) is 1. The quantitative estimate of drug-likeness (QED) is 0.832. The first-order valence-electron chi connectivity index (χ1n) is 5.39. The number of carbonyl (C=O) groups is 1. The van der Waals surface area contributed by atoms with Gasteiger partial charge >= 0.3 is 5.97 Å². The second kappa shape index (κ2) is 4.04. The van der Waals surface area contributed by atoms with E-state index in [1.807, 2.05) is 6.92 Å². The van der Waals surface area contributed by atoms with Crippen LogP contribution in [0.2, 0.25) is 0 Å². The molecule has 2 aromatic rings. The lowest BCUT2D eigenvalue weighted by Gasteiger charge is -2.01. The number of anilines is 1. The summed E-state index contributed by atoms with van der Waals surface area (Å²) < 4.78 is 1.51. The number of aryl methyl sites for hydroxylation is 2. The molecule has 0 unspecified atom stereocenters. The fourth-order valence-corrected chi connectivity index (χ4v) is 1.86. The Labute approximate surface area is 98.1 Å². The smallest absolute Gasteiger partial charge is 0.354 e. The van der Waals surface area contributed by atoms with E-state index in [0.29, 0.717) is 29.0 Å². The van der Waals surface area contributed by atoms with E-state index < -0.39 is 5.97 Å². The molecule has 90 valence electrons. The fraction of sp³-hybridized carbons (Fsp3) is 0.364. The van der Waals surface area contributed by atoms with Crippen molar-refractivity contribution >= 4 is 22.7 Å². The van der Waals surface area contributed by atoms with Crippen molar-refractivity contribution in [2.45, 2.75) is 19.8 Å². The highest BCUT2D eigenvalue weighted by Crippen LogP contribution is 2.23. The van der Waals surface area contributed by atoms with Gasteiger partial charge in [0.05, 0.1) is 5.39 Å². The molecule has 2 heterocycles. The van der Waals surface area contributed by atoms with Crippen molar-refractivity contribution in [1.82, 2.24) is 14.5 Å². The lowest BCUT2D eigenvalue weighted by atomic mass is 10.2. The monoisotopic (exact) mass is 234 g/mol. The number of aromatic nitrogens is 3. The zero-order valence-corrected chi connectivity index (χ0v) is 9.77. The predicted molar refractivity (Wildman–Crippen MR) is 63.9 cm³/mol. The lowest BCUT2D eigenvalue weighted by Crippen LogP contribution is -2.06. The Bertz CT molecular complexity index is 589. The summed E-state index contributed by atoms with van der Waals surface area (Å²) in [6.07, 6.45) is 3.22. The number of hydrogen-bond acceptors (Lipinski definition) is 4. The number of aromatic carboxylic acids is 1. The molecule has 0 amide bonds. The molecule has 0 radical (unpaired) electrons. The van der Waals surface area contributed by atoms with Crippen LogP contribution < -0.4 is 5.73 Å². The second-order valence-electron chi connectivity index (χ2n) is 3.93. The molecule has 3 N–H and O–H groups in total. The minimum absolute atomic E-state index is 0.145. The molecular formula is C11H14N4O2. The van der Waals surface area contributed by atoms with E-state index in [-0.39, 0.29) is 5.69 Å². The third kappa shape index (κ3) is 1.82. The molecule has 6 nitrogen and oxygen atoms in total. The van der Waals surface area contributed by atoms with Crippen LogP contribution in [-0.2, 0) is 13.5 Å². The van der Waals surface area contributed by atoms with Crippen LogP contribution in [-0.4, -0.2) is 25.6 Å². The zero-order valence-electron chi connectivity index (χ0n) is 9.77. The van der Waals surface area contributed by atoms with Crippen molar-refractivity contribution in [2.24, 2.45) is 7.05 Å². The molecule has 0 fully saturated rings. The number of carboxylic acids is 1. The van der Waals surface area contributed by atoms with Crippen molar-refractivity contribution in [3.05, 3.63) is 17.7 Å². The van der Waals surface area contributed by atoms with E-state index >= 15 is 0 Å². The Morgan fingerprint density at radius 1 is 1.53 bits per heavy atom. The van der Waals surface area contributed by atoms with E-state index in [4.69, 9.17) is 10.8 Å². The number of nitrogens with zero attached hydrogens (tertiary/aromatic N) is 3. The maximum atomic E-state index is 11.2. The van der Waals surface area contributed by atoms with Gasteiger partial charge in [0.1, 0.15) is 17.2 Å². The predicted octanol–water partition coefficient (Wildman–Crippen LogP) is 1.20. The molecule has 0 atom stereocenters. The minimum Gasteiger partial charge on any atom is -0.477 e. The summed E-state index contributed by atoms with van der Waals surface area (Å²) in [5.74, 6) is -0.0872. The average Bonchev–Trinajstić information content (AvgIpc) is 2.55. The summed E-state index contributed by atoms with van der Waals surface area (Å²) in [7, 11) is 1.66. The molecule has 0 saturated carbocycles. The van der Waals surface area contributed by atoms with E-state index in [1.165, 1.54) is 4.57 Å². The SMILES string of the molecule is CCCc1nc(N)c2cn(C)c(C(=O)O)c2n1. The van der Waals surface area contributed by atoms with Crippen LogP contribution in [0.15, 0.2) is 6.20 Å². The summed E-state index contributed by atoms with van der Waals surface area (Å²) >= 11 is 0. The summed E-state index contributed by atoms with van der Waals surface area (Å²) in [5, 5.41) is 9.73. The third-order valence-corrected chi connectivity index (χ3v) is 2.60. The Morgan fingerprint density at radius 2 is 2.24 bits per heavy atom. The van der Waals surface area contributed by atoms with E-state index in [1.54, 1.807) is 13.2 Å². The first kappa shape index (κ1) is 11.4. The highest BCUT2D eigenvalue weighted by molar-refractivity contribution is 6.03. The molecule has 6 heteroatoms. The maximum Gasteiger partial charge on any atom is 0.354 e. The van der Waals surface area contributed by atoms with Gasteiger partial charge in [-0.1, -0.05) is 6.92 Å². The molecule has 0 saturated heterocycles. The van der Waals surface area contributed by atoms with E-state index in [0.717, 1.165) is 6.42 Å². The first-order valence-corrected chi connectivity index (χ1v) is 5.39. The van der Waals surface area contributed by atoms with Gasteiger partial charge in [-0.2, -0.15) is 0 Å². The van der Waals surface area contributed by atoms with Gasteiger partial charge in [-0.05, 0) is 6.42 Å². The number of hydrogen-bond donors (Lipinski definition) is 2. The number of rotatable bonds is 3. The average molecular weight is 234 g/mol. The highest BCUT2D eigenvalue weighted by atomic mass is 16.4. The Kier molecular flexibility index (Phi) is 2.71. The molecule has 17 heavy (non-hydrogen) atoms. The highest BCUT2D eigenvalue weighted by Gasteiger charge is 2.18. The molecule has 0 aromatic carbocycles. The molecule has 2 rings (SSSR count). The molecule has 0 aliphatic rings. The van der Waals surface area contributed by atoms with Crippen LogP contribution in [0.4, 0.5) is 5.82 Å². The van der Waals surface area contributed by atoms with E-state index in [2.05, 4.69) is 9.97 Å². The van der Waals surface area contributed by atoms with Crippen LogP contribution in [0.3, 0.4) is 0 Å². The Morgan fingerprint density at radius 3 is 2.82 bits per heavy atom. The largest absolute Gasteiger partial charge is 0.477 e. The number of fused-ring (bicyclic) bond motifs is 1. The third-order valence-electron chi connectivity index (χ3n) is 2.60. The van der Waals surface area contributed by atoms with Crippen LogP contribution in [0.1, 0.15) is 29.7 Å². The van der Waals surface area contributed by atoms with Crippen LogP contribution in [0.25, 0.3) is 10.9 Å². The van der Waals surface area contributed by atoms with Gasteiger partial charge in [-0.25, -0.2) is 14.8 Å². The molecule has 0 aliphatic heterocycles. The second-order valence-corrected chi connectivity index (χ2v) is 3.93. The molecule has 0 bridgehead atoms. The normalized spacial score (nSPS) is 10.9. The van der Waals surface area contributed by atoms with Crippen molar-refractivity contribution in [3.8, 4) is 0 Å². The number of nitrogens with two attached hydrogens (primary N) is 1. The van der Waals surface area contributed by atoms with Crippen LogP contribution in [0, 0.1) is 0 Å². The first-order chi connectivity index (χ1) is 8.04. The number of nitrogen functional groups attached to an aromatic ring is 1.